The summed E-state index contributed by atoms with van der Waals surface area (Å²) in [5, 5.41) is 11.3. The van der Waals surface area contributed by atoms with Crippen molar-refractivity contribution in [3.63, 3.8) is 0 Å². The molecule has 0 aliphatic rings. The molecule has 0 spiro atoms. The standard InChI is InChI=1S/C20H21FN2O/c1-14(2)12-19(20(24)23-11-10-22)17-5-3-4-16(13-17)15-6-8-18(21)9-7-15/h3-9,13-14,19H,11-12H2,1-2H3,(H,23,24). The second-order valence-electron chi connectivity index (χ2n) is 6.19. The third-order valence-corrected chi connectivity index (χ3v) is 3.83. The van der Waals surface area contributed by atoms with E-state index in [-0.39, 0.29) is 24.2 Å². The van der Waals surface area contributed by atoms with E-state index in [1.54, 1.807) is 12.1 Å². The third-order valence-electron chi connectivity index (χ3n) is 3.83. The van der Waals surface area contributed by atoms with E-state index in [9.17, 15) is 9.18 Å². The van der Waals surface area contributed by atoms with E-state index in [0.717, 1.165) is 16.7 Å². The highest BCUT2D eigenvalue weighted by Gasteiger charge is 2.22. The summed E-state index contributed by atoms with van der Waals surface area (Å²) in [5.74, 6) is -0.374. The van der Waals surface area contributed by atoms with Gasteiger partial charge in [0, 0.05) is 0 Å². The molecular formula is C20H21FN2O. The minimum atomic E-state index is -0.307. The van der Waals surface area contributed by atoms with Gasteiger partial charge in [-0.05, 0) is 41.2 Å². The molecule has 0 heterocycles. The van der Waals surface area contributed by atoms with Gasteiger partial charge in [-0.1, -0.05) is 50.2 Å². The maximum atomic E-state index is 13.1. The minimum Gasteiger partial charge on any atom is -0.342 e. The van der Waals surface area contributed by atoms with Gasteiger partial charge in [0.1, 0.15) is 12.4 Å². The Morgan fingerprint density at radius 1 is 1.17 bits per heavy atom. The number of carbonyl (C=O) groups excluding carboxylic acids is 1. The molecule has 24 heavy (non-hydrogen) atoms. The van der Waals surface area contributed by atoms with E-state index >= 15 is 0 Å². The van der Waals surface area contributed by atoms with E-state index in [1.165, 1.54) is 12.1 Å². The number of rotatable bonds is 6. The van der Waals surface area contributed by atoms with E-state index < -0.39 is 0 Å². The Bertz CT molecular complexity index is 732. The maximum Gasteiger partial charge on any atom is 0.228 e. The van der Waals surface area contributed by atoms with Crippen molar-refractivity contribution in [2.45, 2.75) is 26.2 Å². The lowest BCUT2D eigenvalue weighted by molar-refractivity contribution is -0.122. The summed E-state index contributed by atoms with van der Waals surface area (Å²) in [5.41, 5.74) is 2.74. The van der Waals surface area contributed by atoms with E-state index in [4.69, 9.17) is 5.26 Å². The first-order chi connectivity index (χ1) is 11.5. The van der Waals surface area contributed by atoms with Crippen LogP contribution >= 0.6 is 0 Å². The average molecular weight is 324 g/mol. The number of benzene rings is 2. The Labute approximate surface area is 142 Å². The number of halogens is 1. The fourth-order valence-corrected chi connectivity index (χ4v) is 2.69. The molecule has 0 fully saturated rings. The molecular weight excluding hydrogens is 303 g/mol. The number of hydrogen-bond donors (Lipinski definition) is 1. The topological polar surface area (TPSA) is 52.9 Å². The fourth-order valence-electron chi connectivity index (χ4n) is 2.69. The first-order valence-corrected chi connectivity index (χ1v) is 8.02. The Morgan fingerprint density at radius 2 is 1.88 bits per heavy atom. The van der Waals surface area contributed by atoms with Crippen LogP contribution < -0.4 is 5.32 Å². The summed E-state index contributed by atoms with van der Waals surface area (Å²) in [4.78, 5) is 12.4. The van der Waals surface area contributed by atoms with Gasteiger partial charge < -0.3 is 5.32 Å². The summed E-state index contributed by atoms with van der Waals surface area (Å²) in [6.07, 6.45) is 0.699. The van der Waals surface area contributed by atoms with Crippen LogP contribution in [0.15, 0.2) is 48.5 Å². The van der Waals surface area contributed by atoms with Crippen LogP contribution in [0, 0.1) is 23.1 Å². The summed E-state index contributed by atoms with van der Waals surface area (Å²) in [6, 6.07) is 16.0. The Morgan fingerprint density at radius 3 is 2.50 bits per heavy atom. The van der Waals surface area contributed by atoms with Crippen LogP contribution in [-0.2, 0) is 4.79 Å². The molecule has 2 aromatic carbocycles. The molecule has 1 unspecified atom stereocenters. The van der Waals surface area contributed by atoms with E-state index in [0.29, 0.717) is 12.3 Å². The number of nitrogens with zero attached hydrogens (tertiary/aromatic N) is 1. The zero-order valence-electron chi connectivity index (χ0n) is 13.9. The van der Waals surface area contributed by atoms with Gasteiger partial charge >= 0.3 is 0 Å². The lowest BCUT2D eigenvalue weighted by Gasteiger charge is -2.19. The van der Waals surface area contributed by atoms with Gasteiger partial charge in [-0.2, -0.15) is 5.26 Å². The predicted molar refractivity (Wildman–Crippen MR) is 92.7 cm³/mol. The van der Waals surface area contributed by atoms with Crippen LogP contribution in [0.5, 0.6) is 0 Å². The monoisotopic (exact) mass is 324 g/mol. The van der Waals surface area contributed by atoms with Crippen molar-refractivity contribution in [1.82, 2.24) is 5.32 Å². The van der Waals surface area contributed by atoms with Crippen LogP contribution in [0.2, 0.25) is 0 Å². The number of nitrogens with one attached hydrogen (secondary N) is 1. The summed E-state index contributed by atoms with van der Waals surface area (Å²) >= 11 is 0. The Balaban J connectivity index is 2.32. The van der Waals surface area contributed by atoms with E-state index in [1.807, 2.05) is 30.3 Å². The highest BCUT2D eigenvalue weighted by Crippen LogP contribution is 2.28. The highest BCUT2D eigenvalue weighted by molar-refractivity contribution is 5.84. The number of hydrogen-bond acceptors (Lipinski definition) is 2. The largest absolute Gasteiger partial charge is 0.342 e. The number of amides is 1. The molecule has 0 aliphatic carbocycles. The molecule has 4 heteroatoms. The first-order valence-electron chi connectivity index (χ1n) is 8.02. The molecule has 0 radical (unpaired) electrons. The second-order valence-corrected chi connectivity index (χ2v) is 6.19. The lowest BCUT2D eigenvalue weighted by atomic mass is 9.88. The molecule has 0 saturated heterocycles. The second kappa shape index (κ2) is 8.26. The van der Waals surface area contributed by atoms with Gasteiger partial charge in [-0.25, -0.2) is 4.39 Å². The molecule has 2 aromatic rings. The molecule has 0 aromatic heterocycles. The normalized spacial score (nSPS) is 11.8. The summed E-state index contributed by atoms with van der Waals surface area (Å²) < 4.78 is 13.1. The van der Waals surface area contributed by atoms with Gasteiger partial charge in [0.25, 0.3) is 0 Å². The van der Waals surface area contributed by atoms with Gasteiger partial charge in [0.05, 0.1) is 12.0 Å². The smallest absolute Gasteiger partial charge is 0.228 e. The fraction of sp³-hybridized carbons (Fsp3) is 0.300. The van der Waals surface area contributed by atoms with Gasteiger partial charge in [-0.3, -0.25) is 4.79 Å². The van der Waals surface area contributed by atoms with Crippen molar-refractivity contribution in [3.8, 4) is 17.2 Å². The number of carbonyl (C=O) groups is 1. The molecule has 124 valence electrons. The first kappa shape index (κ1) is 17.7. The summed E-state index contributed by atoms with van der Waals surface area (Å²) in [7, 11) is 0. The Kier molecular flexibility index (Phi) is 6.08. The van der Waals surface area contributed by atoms with Crippen LogP contribution in [0.1, 0.15) is 31.7 Å². The maximum absolute atomic E-state index is 13.1. The van der Waals surface area contributed by atoms with E-state index in [2.05, 4.69) is 19.2 Å². The number of nitriles is 1. The van der Waals surface area contributed by atoms with Crippen molar-refractivity contribution in [3.05, 3.63) is 59.9 Å². The van der Waals surface area contributed by atoms with Crippen molar-refractivity contribution in [2.24, 2.45) is 5.92 Å². The van der Waals surface area contributed by atoms with Gasteiger partial charge in [0.15, 0.2) is 0 Å². The van der Waals surface area contributed by atoms with Crippen molar-refractivity contribution in [1.29, 1.82) is 5.26 Å². The molecule has 0 bridgehead atoms. The van der Waals surface area contributed by atoms with Crippen LogP contribution in [0.4, 0.5) is 4.39 Å². The third kappa shape index (κ3) is 4.66. The highest BCUT2D eigenvalue weighted by atomic mass is 19.1. The SMILES string of the molecule is CC(C)CC(C(=O)NCC#N)c1cccc(-c2ccc(F)cc2)c1. The van der Waals surface area contributed by atoms with Gasteiger partial charge in [-0.15, -0.1) is 0 Å². The van der Waals surface area contributed by atoms with Crippen molar-refractivity contribution in [2.75, 3.05) is 6.54 Å². The van der Waals surface area contributed by atoms with Crippen LogP contribution in [-0.4, -0.2) is 12.5 Å². The quantitative estimate of drug-likeness (QED) is 0.807. The zero-order chi connectivity index (χ0) is 17.5. The van der Waals surface area contributed by atoms with Crippen LogP contribution in [0.3, 0.4) is 0 Å². The molecule has 2 rings (SSSR count). The van der Waals surface area contributed by atoms with Crippen molar-refractivity contribution < 1.29 is 9.18 Å². The van der Waals surface area contributed by atoms with Crippen molar-refractivity contribution >= 4 is 5.91 Å². The van der Waals surface area contributed by atoms with Crippen LogP contribution in [0.25, 0.3) is 11.1 Å². The molecule has 0 aliphatic heterocycles. The molecule has 1 atom stereocenters. The molecule has 1 amide bonds. The summed E-state index contributed by atoms with van der Waals surface area (Å²) in [6.45, 7) is 4.13. The average Bonchev–Trinajstić information content (AvgIpc) is 2.58. The molecule has 1 N–H and O–H groups in total. The molecule has 0 saturated carbocycles. The predicted octanol–water partition coefficient (Wildman–Crippen LogP) is 4.26. The Hall–Kier alpha value is -2.67. The van der Waals surface area contributed by atoms with Gasteiger partial charge in [0.2, 0.25) is 5.91 Å². The lowest BCUT2D eigenvalue weighted by Crippen LogP contribution is -2.30. The molecule has 3 nitrogen and oxygen atoms in total. The minimum absolute atomic E-state index is 0.00504. The zero-order valence-corrected chi connectivity index (χ0v) is 13.9.